The number of carbonyl (C=O) groups excluding carboxylic acids is 1. The summed E-state index contributed by atoms with van der Waals surface area (Å²) in [5.74, 6) is -4.45. The lowest BCUT2D eigenvalue weighted by atomic mass is 10.1. The van der Waals surface area contributed by atoms with E-state index in [4.69, 9.17) is 0 Å². The summed E-state index contributed by atoms with van der Waals surface area (Å²) in [6, 6.07) is 9.41. The van der Waals surface area contributed by atoms with Gasteiger partial charge in [-0.3, -0.25) is 4.79 Å². The fourth-order valence-corrected chi connectivity index (χ4v) is 2.08. The Balaban J connectivity index is 2.56. The van der Waals surface area contributed by atoms with Gasteiger partial charge in [0.1, 0.15) is 0 Å². The van der Waals surface area contributed by atoms with Crippen molar-refractivity contribution >= 4 is 16.6 Å². The van der Waals surface area contributed by atoms with Gasteiger partial charge in [-0.2, -0.15) is 8.78 Å². The predicted octanol–water partition coefficient (Wildman–Crippen LogP) is 3.13. The summed E-state index contributed by atoms with van der Waals surface area (Å²) >= 11 is 0. The van der Waals surface area contributed by atoms with Gasteiger partial charge >= 0.3 is 5.92 Å². The minimum atomic E-state index is -3.36. The Hall–Kier alpha value is -1.77. The van der Waals surface area contributed by atoms with Crippen LogP contribution < -0.4 is 0 Å². The van der Waals surface area contributed by atoms with Gasteiger partial charge in [-0.05, 0) is 5.39 Å². The molecule has 0 fully saturated rings. The Morgan fingerprint density at radius 2 is 1.67 bits per heavy atom. The van der Waals surface area contributed by atoms with Crippen molar-refractivity contribution in [2.45, 2.75) is 5.92 Å². The first kappa shape index (κ1) is 8.53. The van der Waals surface area contributed by atoms with E-state index in [0.717, 1.165) is 0 Å². The highest BCUT2D eigenvalue weighted by atomic mass is 19.3. The molecule has 0 aromatic heterocycles. The second kappa shape index (κ2) is 2.42. The van der Waals surface area contributed by atoms with Crippen LogP contribution in [0.1, 0.15) is 15.9 Å². The smallest absolute Gasteiger partial charge is 0.287 e. The average Bonchev–Trinajstić information content (AvgIpc) is 2.43. The molecule has 0 aliphatic heterocycles. The van der Waals surface area contributed by atoms with Crippen LogP contribution in [0.2, 0.25) is 0 Å². The number of alkyl halides is 2. The number of benzene rings is 2. The highest BCUT2D eigenvalue weighted by Gasteiger charge is 2.48. The van der Waals surface area contributed by atoms with Gasteiger partial charge in [0.2, 0.25) is 5.78 Å². The van der Waals surface area contributed by atoms with Crippen LogP contribution in [0.15, 0.2) is 36.4 Å². The van der Waals surface area contributed by atoms with Gasteiger partial charge in [-0.1, -0.05) is 36.4 Å². The molecule has 0 radical (unpaired) electrons. The maximum absolute atomic E-state index is 13.6. The van der Waals surface area contributed by atoms with Gasteiger partial charge in [0.25, 0.3) is 0 Å². The molecular weight excluding hydrogens is 198 g/mol. The molecule has 3 rings (SSSR count). The van der Waals surface area contributed by atoms with E-state index in [-0.39, 0.29) is 11.1 Å². The zero-order valence-electron chi connectivity index (χ0n) is 7.63. The maximum Gasteiger partial charge on any atom is 0.335 e. The van der Waals surface area contributed by atoms with Crippen molar-refractivity contribution in [2.75, 3.05) is 0 Å². The minimum absolute atomic E-state index is 0.133. The fraction of sp³-hybridized carbons (Fsp3) is 0.0833. The molecule has 2 aromatic rings. The van der Waals surface area contributed by atoms with Crippen LogP contribution in [0.25, 0.3) is 10.8 Å². The largest absolute Gasteiger partial charge is 0.335 e. The normalized spacial score (nSPS) is 17.3. The second-order valence-electron chi connectivity index (χ2n) is 3.61. The highest BCUT2D eigenvalue weighted by Crippen LogP contribution is 2.44. The maximum atomic E-state index is 13.6. The minimum Gasteiger partial charge on any atom is -0.287 e. The van der Waals surface area contributed by atoms with Gasteiger partial charge in [0, 0.05) is 16.5 Å². The lowest BCUT2D eigenvalue weighted by Gasteiger charge is -2.07. The van der Waals surface area contributed by atoms with Crippen molar-refractivity contribution in [1.82, 2.24) is 0 Å². The number of Topliss-reactive ketones (excluding diaryl/α,β-unsaturated/α-hetero) is 1. The summed E-state index contributed by atoms with van der Waals surface area (Å²) in [5, 5.41) is 1.09. The van der Waals surface area contributed by atoms with E-state index in [1.54, 1.807) is 24.3 Å². The second-order valence-corrected chi connectivity index (χ2v) is 3.61. The van der Waals surface area contributed by atoms with E-state index in [1.807, 2.05) is 0 Å². The Morgan fingerprint density at radius 3 is 2.40 bits per heavy atom. The third-order valence-corrected chi connectivity index (χ3v) is 2.77. The molecular formula is C12H6F2O. The molecule has 0 heterocycles. The predicted molar refractivity (Wildman–Crippen MR) is 52.2 cm³/mol. The van der Waals surface area contributed by atoms with Crippen LogP contribution in [0.3, 0.4) is 0 Å². The molecule has 0 amide bonds. The first-order valence-electron chi connectivity index (χ1n) is 4.57. The Labute approximate surface area is 84.3 Å². The summed E-state index contributed by atoms with van der Waals surface area (Å²) in [6.45, 7) is 0. The summed E-state index contributed by atoms with van der Waals surface area (Å²) in [6.07, 6.45) is 0. The number of rotatable bonds is 0. The first-order chi connectivity index (χ1) is 7.12. The Bertz CT molecular complexity index is 582. The van der Waals surface area contributed by atoms with E-state index in [2.05, 4.69) is 0 Å². The summed E-state index contributed by atoms with van der Waals surface area (Å²) < 4.78 is 27.1. The molecule has 2 aromatic carbocycles. The van der Waals surface area contributed by atoms with E-state index in [9.17, 15) is 13.6 Å². The van der Waals surface area contributed by atoms with E-state index in [1.165, 1.54) is 12.1 Å². The van der Waals surface area contributed by atoms with Crippen molar-refractivity contribution < 1.29 is 13.6 Å². The highest BCUT2D eigenvalue weighted by molar-refractivity contribution is 6.18. The summed E-state index contributed by atoms with van der Waals surface area (Å²) in [4.78, 5) is 11.4. The summed E-state index contributed by atoms with van der Waals surface area (Å²) in [5.41, 5.74) is -0.0336. The number of ketones is 1. The third-order valence-electron chi connectivity index (χ3n) is 2.77. The van der Waals surface area contributed by atoms with Crippen LogP contribution in [0, 0.1) is 0 Å². The average molecular weight is 204 g/mol. The molecule has 0 saturated heterocycles. The molecule has 3 heteroatoms. The van der Waals surface area contributed by atoms with Gasteiger partial charge in [0.05, 0.1) is 0 Å². The molecule has 1 aliphatic rings. The van der Waals surface area contributed by atoms with E-state index in [0.29, 0.717) is 10.8 Å². The standard InChI is InChI=1S/C12H6F2O/c13-12(14)9-6-2-4-7-3-1-5-8(10(7)9)11(12)15/h1-6H. The van der Waals surface area contributed by atoms with E-state index < -0.39 is 11.7 Å². The van der Waals surface area contributed by atoms with Gasteiger partial charge in [-0.15, -0.1) is 0 Å². The van der Waals surface area contributed by atoms with Crippen molar-refractivity contribution in [3.8, 4) is 0 Å². The summed E-state index contributed by atoms with van der Waals surface area (Å²) in [7, 11) is 0. The number of hydrogen-bond acceptors (Lipinski definition) is 1. The molecule has 1 nitrogen and oxygen atoms in total. The van der Waals surface area contributed by atoms with Crippen molar-refractivity contribution in [2.24, 2.45) is 0 Å². The molecule has 0 spiro atoms. The van der Waals surface area contributed by atoms with Crippen molar-refractivity contribution in [1.29, 1.82) is 0 Å². The molecule has 0 atom stereocenters. The molecule has 15 heavy (non-hydrogen) atoms. The fourth-order valence-electron chi connectivity index (χ4n) is 2.08. The lowest BCUT2D eigenvalue weighted by molar-refractivity contribution is 0.0114. The molecule has 1 aliphatic carbocycles. The van der Waals surface area contributed by atoms with Gasteiger partial charge < -0.3 is 0 Å². The quantitative estimate of drug-likeness (QED) is 0.644. The SMILES string of the molecule is O=C1c2cccc3cccc(c23)C1(F)F. The molecule has 0 unspecified atom stereocenters. The van der Waals surface area contributed by atoms with Crippen molar-refractivity contribution in [3.05, 3.63) is 47.5 Å². The topological polar surface area (TPSA) is 17.1 Å². The first-order valence-corrected chi connectivity index (χ1v) is 4.57. The van der Waals surface area contributed by atoms with Crippen molar-refractivity contribution in [3.63, 3.8) is 0 Å². The van der Waals surface area contributed by atoms with Crippen LogP contribution in [-0.2, 0) is 5.92 Å². The number of hydrogen-bond donors (Lipinski definition) is 0. The molecule has 0 bridgehead atoms. The molecule has 0 saturated carbocycles. The molecule has 74 valence electrons. The van der Waals surface area contributed by atoms with Gasteiger partial charge in [0.15, 0.2) is 0 Å². The molecule has 0 N–H and O–H groups in total. The Kier molecular flexibility index (Phi) is 1.38. The zero-order valence-corrected chi connectivity index (χ0v) is 7.63. The van der Waals surface area contributed by atoms with Crippen LogP contribution in [0.4, 0.5) is 8.78 Å². The van der Waals surface area contributed by atoms with Gasteiger partial charge in [-0.25, -0.2) is 0 Å². The van der Waals surface area contributed by atoms with Crippen LogP contribution in [0.5, 0.6) is 0 Å². The van der Waals surface area contributed by atoms with E-state index >= 15 is 0 Å². The monoisotopic (exact) mass is 204 g/mol. The number of carbonyl (C=O) groups is 1. The third kappa shape index (κ3) is 0.876. The lowest BCUT2D eigenvalue weighted by Crippen LogP contribution is -2.19. The zero-order chi connectivity index (χ0) is 10.6. The number of halogens is 2. The van der Waals surface area contributed by atoms with Crippen LogP contribution in [-0.4, -0.2) is 5.78 Å². The van der Waals surface area contributed by atoms with Crippen LogP contribution >= 0.6 is 0 Å². The Morgan fingerprint density at radius 1 is 1.00 bits per heavy atom.